The lowest BCUT2D eigenvalue weighted by atomic mass is 9.71. The van der Waals surface area contributed by atoms with Gasteiger partial charge in [0.25, 0.3) is 0 Å². The maximum absolute atomic E-state index is 15.7. The average Bonchev–Trinajstić information content (AvgIpc) is 2.90. The molecule has 0 amide bonds. The standard InChI is InChI=1S/C28H30ClF3N2O3S/c1-37-18-5-6-23-19(15-18)26(20(29)17-33-23)21(30)7-8-28(16-25(35)36)9-11-34(12-10-28)13-14-38-24-4-2-3-22(31)27(24)32/h2-6,15,17,21H,7-14,16H2,1H3,(H,35,36)/t21-/m0/s1. The Morgan fingerprint density at radius 1 is 1.26 bits per heavy atom. The number of piperidine rings is 1. The van der Waals surface area contributed by atoms with Crippen molar-refractivity contribution < 1.29 is 27.8 Å². The first-order chi connectivity index (χ1) is 18.2. The third kappa shape index (κ3) is 6.74. The van der Waals surface area contributed by atoms with Gasteiger partial charge in [0.2, 0.25) is 0 Å². The first kappa shape index (κ1) is 28.5. The summed E-state index contributed by atoms with van der Waals surface area (Å²) in [4.78, 5) is 18.5. The number of carboxylic acid groups (broad SMARTS) is 1. The summed E-state index contributed by atoms with van der Waals surface area (Å²) in [6, 6.07) is 9.36. The molecule has 1 N–H and O–H groups in total. The van der Waals surface area contributed by atoms with E-state index in [0.29, 0.717) is 66.9 Å². The van der Waals surface area contributed by atoms with Crippen molar-refractivity contribution in [3.8, 4) is 5.75 Å². The average molecular weight is 567 g/mol. The van der Waals surface area contributed by atoms with Gasteiger partial charge in [0.05, 0.1) is 24.1 Å². The van der Waals surface area contributed by atoms with Crippen molar-refractivity contribution in [3.05, 3.63) is 64.8 Å². The van der Waals surface area contributed by atoms with E-state index in [1.165, 1.54) is 31.1 Å². The zero-order valence-corrected chi connectivity index (χ0v) is 22.6. The normalized spacial score (nSPS) is 16.4. The molecule has 1 aliphatic heterocycles. The van der Waals surface area contributed by atoms with E-state index in [1.807, 2.05) is 0 Å². The molecule has 0 bridgehead atoms. The molecule has 4 rings (SSSR count). The van der Waals surface area contributed by atoms with Crippen molar-refractivity contribution in [3.63, 3.8) is 0 Å². The van der Waals surface area contributed by atoms with Crippen molar-refractivity contribution in [2.24, 2.45) is 5.41 Å². The number of carboxylic acids is 1. The van der Waals surface area contributed by atoms with Crippen LogP contribution in [0.4, 0.5) is 13.2 Å². The Morgan fingerprint density at radius 2 is 2.03 bits per heavy atom. The summed E-state index contributed by atoms with van der Waals surface area (Å²) >= 11 is 7.63. The van der Waals surface area contributed by atoms with E-state index in [4.69, 9.17) is 16.3 Å². The molecule has 1 atom stereocenters. The minimum absolute atomic E-state index is 0.0323. The van der Waals surface area contributed by atoms with Crippen LogP contribution in [0.1, 0.15) is 43.8 Å². The number of fused-ring (bicyclic) bond motifs is 1. The van der Waals surface area contributed by atoms with E-state index >= 15 is 4.39 Å². The number of hydrogen-bond donors (Lipinski definition) is 1. The van der Waals surface area contributed by atoms with Crippen LogP contribution in [0.2, 0.25) is 5.02 Å². The molecule has 10 heteroatoms. The van der Waals surface area contributed by atoms with Crippen LogP contribution in [0.5, 0.6) is 5.75 Å². The topological polar surface area (TPSA) is 62.7 Å². The predicted molar refractivity (Wildman–Crippen MR) is 144 cm³/mol. The maximum Gasteiger partial charge on any atom is 0.303 e. The fourth-order valence-electron chi connectivity index (χ4n) is 5.16. The molecule has 0 aliphatic carbocycles. The number of carbonyl (C=O) groups is 1. The molecule has 0 spiro atoms. The highest BCUT2D eigenvalue weighted by Crippen LogP contribution is 2.44. The number of aliphatic carboxylic acids is 1. The Hall–Kier alpha value is -2.49. The number of halogens is 4. The van der Waals surface area contributed by atoms with Crippen molar-refractivity contribution in [2.75, 3.05) is 32.5 Å². The molecule has 1 aliphatic rings. The molecule has 1 saturated heterocycles. The van der Waals surface area contributed by atoms with Crippen molar-refractivity contribution in [1.29, 1.82) is 0 Å². The maximum atomic E-state index is 15.7. The van der Waals surface area contributed by atoms with Gasteiger partial charge in [-0.2, -0.15) is 0 Å². The highest BCUT2D eigenvalue weighted by atomic mass is 35.5. The van der Waals surface area contributed by atoms with Crippen LogP contribution >= 0.6 is 23.4 Å². The van der Waals surface area contributed by atoms with Gasteiger partial charge in [0.1, 0.15) is 11.9 Å². The quantitative estimate of drug-likeness (QED) is 0.245. The van der Waals surface area contributed by atoms with Crippen LogP contribution in [0, 0.1) is 17.0 Å². The second-order valence-corrected chi connectivity index (χ2v) is 11.3. The van der Waals surface area contributed by atoms with E-state index in [-0.39, 0.29) is 22.8 Å². The van der Waals surface area contributed by atoms with Gasteiger partial charge in [0, 0.05) is 34.3 Å². The summed E-state index contributed by atoms with van der Waals surface area (Å²) in [7, 11) is 1.53. The van der Waals surface area contributed by atoms with E-state index < -0.39 is 29.2 Å². The number of pyridine rings is 1. The number of ether oxygens (including phenoxy) is 1. The van der Waals surface area contributed by atoms with Crippen molar-refractivity contribution >= 4 is 40.2 Å². The van der Waals surface area contributed by atoms with Crippen LogP contribution < -0.4 is 4.74 Å². The highest BCUT2D eigenvalue weighted by molar-refractivity contribution is 7.99. The van der Waals surface area contributed by atoms with Gasteiger partial charge in [-0.25, -0.2) is 13.2 Å². The molecule has 1 aromatic heterocycles. The SMILES string of the molecule is COc1ccc2ncc(Cl)c([C@@H](F)CCC3(CC(=O)O)CCN(CCSc4cccc(F)c4F)CC3)c2c1. The number of hydrogen-bond acceptors (Lipinski definition) is 5. The molecule has 1 fully saturated rings. The predicted octanol–water partition coefficient (Wildman–Crippen LogP) is 7.32. The van der Waals surface area contributed by atoms with Crippen molar-refractivity contribution in [1.82, 2.24) is 9.88 Å². The molecule has 3 aromatic rings. The number of nitrogens with zero attached hydrogens (tertiary/aromatic N) is 2. The van der Waals surface area contributed by atoms with Gasteiger partial charge < -0.3 is 14.7 Å². The number of benzene rings is 2. The number of rotatable bonds is 11. The summed E-state index contributed by atoms with van der Waals surface area (Å²) in [6.07, 6.45) is 1.79. The molecule has 0 unspecified atom stereocenters. The number of alkyl halides is 1. The van der Waals surface area contributed by atoms with Crippen LogP contribution in [0.25, 0.3) is 10.9 Å². The molecule has 0 radical (unpaired) electrons. The Bertz CT molecular complexity index is 1290. The summed E-state index contributed by atoms with van der Waals surface area (Å²) in [6.45, 7) is 1.98. The van der Waals surface area contributed by atoms with Crippen LogP contribution in [0.15, 0.2) is 47.5 Å². The number of thioether (sulfide) groups is 1. The molecular weight excluding hydrogens is 537 g/mol. The third-order valence-corrected chi connectivity index (χ3v) is 8.65. The van der Waals surface area contributed by atoms with Gasteiger partial charge in [-0.3, -0.25) is 9.78 Å². The lowest BCUT2D eigenvalue weighted by Gasteiger charge is -2.41. The first-order valence-corrected chi connectivity index (χ1v) is 13.8. The molecule has 0 saturated carbocycles. The minimum atomic E-state index is -1.39. The second kappa shape index (κ2) is 12.6. The first-order valence-electron chi connectivity index (χ1n) is 12.5. The van der Waals surface area contributed by atoms with E-state index in [0.717, 1.165) is 6.07 Å². The molecule has 38 heavy (non-hydrogen) atoms. The summed E-state index contributed by atoms with van der Waals surface area (Å²) in [5, 5.41) is 10.4. The van der Waals surface area contributed by atoms with Gasteiger partial charge in [-0.15, -0.1) is 11.8 Å². The zero-order chi connectivity index (χ0) is 27.3. The van der Waals surface area contributed by atoms with E-state index in [1.54, 1.807) is 24.3 Å². The fraction of sp³-hybridized carbons (Fsp3) is 0.429. The van der Waals surface area contributed by atoms with E-state index in [2.05, 4.69) is 9.88 Å². The summed E-state index contributed by atoms with van der Waals surface area (Å²) in [5.74, 6) is -1.45. The number of aromatic nitrogens is 1. The Kier molecular flexibility index (Phi) is 9.44. The minimum Gasteiger partial charge on any atom is -0.497 e. The third-order valence-electron chi connectivity index (χ3n) is 7.33. The monoisotopic (exact) mass is 566 g/mol. The smallest absolute Gasteiger partial charge is 0.303 e. The molecule has 2 aromatic carbocycles. The van der Waals surface area contributed by atoms with Crippen LogP contribution in [-0.2, 0) is 4.79 Å². The van der Waals surface area contributed by atoms with Gasteiger partial charge in [-0.05, 0) is 74.5 Å². The van der Waals surface area contributed by atoms with Crippen LogP contribution in [0.3, 0.4) is 0 Å². The lowest BCUT2D eigenvalue weighted by Crippen LogP contribution is -2.42. The van der Waals surface area contributed by atoms with Gasteiger partial charge >= 0.3 is 5.97 Å². The molecule has 5 nitrogen and oxygen atoms in total. The molecular formula is C28H30ClF3N2O3S. The lowest BCUT2D eigenvalue weighted by molar-refractivity contribution is -0.141. The van der Waals surface area contributed by atoms with Gasteiger partial charge in [0.15, 0.2) is 11.6 Å². The number of likely N-dealkylation sites (tertiary alicyclic amines) is 1. The zero-order valence-electron chi connectivity index (χ0n) is 21.1. The second-order valence-electron chi connectivity index (χ2n) is 9.72. The summed E-state index contributed by atoms with van der Waals surface area (Å²) < 4.78 is 48.3. The van der Waals surface area contributed by atoms with Gasteiger partial charge in [-0.1, -0.05) is 17.7 Å². The Morgan fingerprint density at radius 3 is 2.74 bits per heavy atom. The van der Waals surface area contributed by atoms with Crippen molar-refractivity contribution in [2.45, 2.75) is 43.2 Å². The Balaban J connectivity index is 1.39. The molecule has 2 heterocycles. The van der Waals surface area contributed by atoms with Crippen LogP contribution in [-0.4, -0.2) is 53.5 Å². The molecule has 204 valence electrons. The fourth-order valence-corrected chi connectivity index (χ4v) is 6.39. The highest BCUT2D eigenvalue weighted by Gasteiger charge is 2.37. The summed E-state index contributed by atoms with van der Waals surface area (Å²) in [5.41, 5.74) is 0.430. The Labute approximate surface area is 229 Å². The van der Waals surface area contributed by atoms with E-state index in [9.17, 15) is 18.7 Å². The largest absolute Gasteiger partial charge is 0.497 e. The number of methoxy groups -OCH3 is 1.